The molecule has 132 valence electrons. The second kappa shape index (κ2) is 6.38. The highest BCUT2D eigenvalue weighted by Crippen LogP contribution is 2.40. The van der Waals surface area contributed by atoms with Crippen LogP contribution in [0.5, 0.6) is 0 Å². The number of rotatable bonds is 5. The van der Waals surface area contributed by atoms with Crippen LogP contribution in [0.4, 0.5) is 5.95 Å². The van der Waals surface area contributed by atoms with Crippen molar-refractivity contribution in [1.29, 1.82) is 0 Å². The Labute approximate surface area is 147 Å². The van der Waals surface area contributed by atoms with Gasteiger partial charge in [0.25, 0.3) is 0 Å². The average Bonchev–Trinajstić information content (AvgIpc) is 3.38. The first-order valence-electron chi connectivity index (χ1n) is 9.29. The fourth-order valence-corrected chi connectivity index (χ4v) is 3.84. The summed E-state index contributed by atoms with van der Waals surface area (Å²) in [6.45, 7) is 7.38. The Kier molecular flexibility index (Phi) is 3.90. The molecular weight excluding hydrogens is 316 g/mol. The third-order valence-electron chi connectivity index (χ3n) is 5.55. The van der Waals surface area contributed by atoms with Gasteiger partial charge in [-0.05, 0) is 18.9 Å². The van der Waals surface area contributed by atoms with Crippen LogP contribution in [0.3, 0.4) is 0 Å². The Bertz CT molecular complexity index is 701. The molecule has 7 heteroatoms. The van der Waals surface area contributed by atoms with Crippen LogP contribution in [0.2, 0.25) is 0 Å². The lowest BCUT2D eigenvalue weighted by atomic mass is 10.1. The molecule has 2 saturated heterocycles. The first kappa shape index (κ1) is 15.3. The number of hydrogen-bond acceptors (Lipinski definition) is 7. The van der Waals surface area contributed by atoms with Gasteiger partial charge in [0.15, 0.2) is 0 Å². The Morgan fingerprint density at radius 3 is 2.52 bits per heavy atom. The summed E-state index contributed by atoms with van der Waals surface area (Å²) in [6, 6.07) is 4.70. The molecule has 2 aromatic heterocycles. The van der Waals surface area contributed by atoms with Crippen molar-refractivity contribution in [2.24, 2.45) is 0 Å². The van der Waals surface area contributed by atoms with Gasteiger partial charge in [0.2, 0.25) is 5.95 Å². The Morgan fingerprint density at radius 1 is 1.04 bits per heavy atom. The summed E-state index contributed by atoms with van der Waals surface area (Å²) < 4.78 is 5.45. The number of piperazine rings is 1. The van der Waals surface area contributed by atoms with Crippen LogP contribution < -0.4 is 4.90 Å². The van der Waals surface area contributed by atoms with E-state index in [-0.39, 0.29) is 0 Å². The van der Waals surface area contributed by atoms with Crippen LogP contribution in [0.15, 0.2) is 29.0 Å². The number of anilines is 1. The molecule has 0 aromatic carbocycles. The van der Waals surface area contributed by atoms with Gasteiger partial charge in [0, 0.05) is 76.2 Å². The zero-order valence-corrected chi connectivity index (χ0v) is 14.4. The SMILES string of the molecule is c1cnc(N2CCN(C3CN(Cc4cc(C5CC5)on4)C3)CC2)nc1. The smallest absolute Gasteiger partial charge is 0.225 e. The zero-order valence-electron chi connectivity index (χ0n) is 14.4. The molecule has 7 nitrogen and oxygen atoms in total. The van der Waals surface area contributed by atoms with Crippen molar-refractivity contribution >= 4 is 5.95 Å². The van der Waals surface area contributed by atoms with Crippen LogP contribution in [0.1, 0.15) is 30.2 Å². The van der Waals surface area contributed by atoms with Gasteiger partial charge in [-0.25, -0.2) is 9.97 Å². The molecule has 0 bridgehead atoms. The van der Waals surface area contributed by atoms with E-state index >= 15 is 0 Å². The molecule has 0 radical (unpaired) electrons. The van der Waals surface area contributed by atoms with E-state index in [0.29, 0.717) is 12.0 Å². The maximum Gasteiger partial charge on any atom is 0.225 e. The van der Waals surface area contributed by atoms with Crippen molar-refractivity contribution in [2.45, 2.75) is 31.3 Å². The van der Waals surface area contributed by atoms with Crippen LogP contribution in [0.25, 0.3) is 0 Å². The summed E-state index contributed by atoms with van der Waals surface area (Å²) in [5.74, 6) is 2.59. The molecule has 0 amide bonds. The lowest BCUT2D eigenvalue weighted by molar-refractivity contribution is 0.0242. The first-order valence-corrected chi connectivity index (χ1v) is 9.29. The number of likely N-dealkylation sites (tertiary alicyclic amines) is 1. The largest absolute Gasteiger partial charge is 0.361 e. The zero-order chi connectivity index (χ0) is 16.6. The summed E-state index contributed by atoms with van der Waals surface area (Å²) in [5.41, 5.74) is 1.09. The summed E-state index contributed by atoms with van der Waals surface area (Å²) in [4.78, 5) is 16.1. The van der Waals surface area contributed by atoms with E-state index in [0.717, 1.165) is 63.2 Å². The van der Waals surface area contributed by atoms with Crippen LogP contribution in [0, 0.1) is 0 Å². The molecule has 3 fully saturated rings. The molecule has 2 aromatic rings. The predicted molar refractivity (Wildman–Crippen MR) is 93.4 cm³/mol. The highest BCUT2D eigenvalue weighted by molar-refractivity contribution is 5.29. The molecular formula is C18H24N6O. The van der Waals surface area contributed by atoms with E-state index < -0.39 is 0 Å². The minimum absolute atomic E-state index is 0.648. The maximum atomic E-state index is 5.45. The third-order valence-corrected chi connectivity index (χ3v) is 5.55. The topological polar surface area (TPSA) is 61.5 Å². The molecule has 1 aliphatic carbocycles. The predicted octanol–water partition coefficient (Wildman–Crippen LogP) is 1.35. The van der Waals surface area contributed by atoms with Gasteiger partial charge in [-0.15, -0.1) is 0 Å². The summed E-state index contributed by atoms with van der Waals surface area (Å²) >= 11 is 0. The Hall–Kier alpha value is -1.99. The van der Waals surface area contributed by atoms with Gasteiger partial charge in [0.1, 0.15) is 5.76 Å². The normalized spacial score (nSPS) is 23.0. The van der Waals surface area contributed by atoms with Gasteiger partial charge in [-0.3, -0.25) is 9.80 Å². The fraction of sp³-hybridized carbons (Fsp3) is 0.611. The first-order chi connectivity index (χ1) is 12.3. The quantitative estimate of drug-likeness (QED) is 0.814. The minimum atomic E-state index is 0.648. The second-order valence-electron chi connectivity index (χ2n) is 7.41. The monoisotopic (exact) mass is 340 g/mol. The molecule has 1 saturated carbocycles. The van der Waals surface area contributed by atoms with Crippen molar-refractivity contribution in [2.75, 3.05) is 44.2 Å². The van der Waals surface area contributed by atoms with Gasteiger partial charge >= 0.3 is 0 Å². The van der Waals surface area contributed by atoms with E-state index in [9.17, 15) is 0 Å². The van der Waals surface area contributed by atoms with Crippen LogP contribution in [-0.2, 0) is 6.54 Å². The van der Waals surface area contributed by atoms with E-state index in [1.807, 2.05) is 18.5 Å². The molecule has 0 atom stereocenters. The number of hydrogen-bond donors (Lipinski definition) is 0. The highest BCUT2D eigenvalue weighted by atomic mass is 16.5. The third kappa shape index (κ3) is 3.26. The average molecular weight is 340 g/mol. The maximum absolute atomic E-state index is 5.45. The van der Waals surface area contributed by atoms with E-state index in [1.54, 1.807) is 0 Å². The van der Waals surface area contributed by atoms with Crippen molar-refractivity contribution < 1.29 is 4.52 Å². The van der Waals surface area contributed by atoms with Crippen molar-refractivity contribution in [3.8, 4) is 0 Å². The Balaban J connectivity index is 1.08. The lowest BCUT2D eigenvalue weighted by Gasteiger charge is -2.48. The van der Waals surface area contributed by atoms with E-state index in [4.69, 9.17) is 4.52 Å². The van der Waals surface area contributed by atoms with E-state index in [2.05, 4.69) is 35.9 Å². The molecule has 5 rings (SSSR count). The Morgan fingerprint density at radius 2 is 1.80 bits per heavy atom. The van der Waals surface area contributed by atoms with Crippen molar-refractivity contribution in [1.82, 2.24) is 24.9 Å². The molecule has 25 heavy (non-hydrogen) atoms. The van der Waals surface area contributed by atoms with Crippen molar-refractivity contribution in [3.05, 3.63) is 36.0 Å². The van der Waals surface area contributed by atoms with Gasteiger partial charge in [-0.1, -0.05) is 5.16 Å². The van der Waals surface area contributed by atoms with Crippen molar-refractivity contribution in [3.63, 3.8) is 0 Å². The van der Waals surface area contributed by atoms with Crippen LogP contribution in [-0.4, -0.2) is 70.2 Å². The van der Waals surface area contributed by atoms with Gasteiger partial charge in [0.05, 0.1) is 5.69 Å². The van der Waals surface area contributed by atoms with Gasteiger partial charge in [-0.2, -0.15) is 0 Å². The van der Waals surface area contributed by atoms with Gasteiger partial charge < -0.3 is 9.42 Å². The lowest BCUT2D eigenvalue weighted by Crippen LogP contribution is -2.62. The molecule has 4 heterocycles. The summed E-state index contributed by atoms with van der Waals surface area (Å²) in [6.07, 6.45) is 6.16. The minimum Gasteiger partial charge on any atom is -0.361 e. The standard InChI is InChI=1S/C18H24N6O/c1-4-19-18(20-5-1)24-8-6-23(7-9-24)16-12-22(13-16)11-15-10-17(25-21-15)14-2-3-14/h1,4-5,10,14,16H,2-3,6-9,11-13H2. The molecule has 0 N–H and O–H groups in total. The van der Waals surface area contributed by atoms with E-state index in [1.165, 1.54) is 12.8 Å². The van der Waals surface area contributed by atoms with Crippen LogP contribution >= 0.6 is 0 Å². The number of aromatic nitrogens is 3. The molecule has 2 aliphatic heterocycles. The summed E-state index contributed by atoms with van der Waals surface area (Å²) in [7, 11) is 0. The molecule has 0 spiro atoms. The molecule has 0 unspecified atom stereocenters. The second-order valence-corrected chi connectivity index (χ2v) is 7.41. The fourth-order valence-electron chi connectivity index (χ4n) is 3.84. The summed E-state index contributed by atoms with van der Waals surface area (Å²) in [5, 5.41) is 4.23. The highest BCUT2D eigenvalue weighted by Gasteiger charge is 2.34. The molecule has 3 aliphatic rings. The number of nitrogens with zero attached hydrogens (tertiary/aromatic N) is 6.